The van der Waals surface area contributed by atoms with Gasteiger partial charge >= 0.3 is 0 Å². The van der Waals surface area contributed by atoms with Gasteiger partial charge in [-0.05, 0) is 11.6 Å². The first-order chi connectivity index (χ1) is 12.8. The second kappa shape index (κ2) is 8.11. The second-order valence-electron chi connectivity index (χ2n) is 5.48. The lowest BCUT2D eigenvalue weighted by Gasteiger charge is -2.01. The maximum Gasteiger partial charge on any atom is 0.276 e. The molecule has 0 atom stereocenters. The highest BCUT2D eigenvalue weighted by Crippen LogP contribution is 2.17. The number of nitrogens with one attached hydrogen (secondary N) is 2. The molecule has 6 heteroatoms. The number of H-pyrrole nitrogens is 1. The molecule has 0 unspecified atom stereocenters. The zero-order chi connectivity index (χ0) is 18.4. The first-order valence-electron chi connectivity index (χ1n) is 8.60. The van der Waals surface area contributed by atoms with Crippen molar-refractivity contribution in [2.75, 3.05) is 5.32 Å². The Morgan fingerprint density at radius 1 is 1.08 bits per heavy atom. The van der Waals surface area contributed by atoms with Crippen molar-refractivity contribution in [1.29, 1.82) is 0 Å². The maximum absolute atomic E-state index is 12.4. The Balaban J connectivity index is 0.000000948. The van der Waals surface area contributed by atoms with Crippen molar-refractivity contribution >= 4 is 22.5 Å². The van der Waals surface area contributed by atoms with Crippen LogP contribution >= 0.6 is 0 Å². The van der Waals surface area contributed by atoms with E-state index in [1.807, 2.05) is 68.4 Å². The van der Waals surface area contributed by atoms with E-state index in [0.717, 1.165) is 16.5 Å². The number of aromatic nitrogens is 4. The van der Waals surface area contributed by atoms with Gasteiger partial charge in [0.15, 0.2) is 5.69 Å². The molecule has 0 saturated heterocycles. The van der Waals surface area contributed by atoms with Crippen LogP contribution in [0.3, 0.4) is 0 Å². The predicted molar refractivity (Wildman–Crippen MR) is 103 cm³/mol. The molecule has 0 aliphatic rings. The summed E-state index contributed by atoms with van der Waals surface area (Å²) >= 11 is 0. The minimum absolute atomic E-state index is 0.258. The average Bonchev–Trinajstić information content (AvgIpc) is 3.31. The van der Waals surface area contributed by atoms with Gasteiger partial charge in [-0.2, -0.15) is 10.2 Å². The van der Waals surface area contributed by atoms with Crippen molar-refractivity contribution in [3.05, 3.63) is 78.2 Å². The number of hydrogen-bond donors (Lipinski definition) is 2. The third-order valence-electron chi connectivity index (χ3n) is 3.76. The molecule has 0 saturated carbocycles. The lowest BCUT2D eigenvalue weighted by molar-refractivity contribution is 0.102. The molecule has 0 aliphatic carbocycles. The van der Waals surface area contributed by atoms with E-state index in [9.17, 15) is 4.79 Å². The van der Waals surface area contributed by atoms with Crippen LogP contribution in [0.4, 0.5) is 5.69 Å². The van der Waals surface area contributed by atoms with Gasteiger partial charge in [0.25, 0.3) is 5.91 Å². The van der Waals surface area contributed by atoms with Crippen LogP contribution in [0.1, 0.15) is 29.9 Å². The minimum atomic E-state index is -0.258. The van der Waals surface area contributed by atoms with Gasteiger partial charge in [-0.3, -0.25) is 14.6 Å². The van der Waals surface area contributed by atoms with E-state index in [2.05, 4.69) is 20.6 Å². The Kier molecular flexibility index (Phi) is 5.43. The third kappa shape index (κ3) is 3.80. The number of hydrogen-bond acceptors (Lipinski definition) is 3. The van der Waals surface area contributed by atoms with E-state index in [1.165, 1.54) is 0 Å². The highest BCUT2D eigenvalue weighted by Gasteiger charge is 2.14. The van der Waals surface area contributed by atoms with Crippen LogP contribution in [-0.4, -0.2) is 25.9 Å². The Morgan fingerprint density at radius 3 is 2.62 bits per heavy atom. The maximum atomic E-state index is 12.4. The first kappa shape index (κ1) is 17.4. The second-order valence-corrected chi connectivity index (χ2v) is 5.48. The van der Waals surface area contributed by atoms with Gasteiger partial charge in [0, 0.05) is 11.6 Å². The zero-order valence-corrected chi connectivity index (χ0v) is 14.8. The number of amides is 1. The zero-order valence-electron chi connectivity index (χ0n) is 14.8. The number of para-hydroxylation sites is 1. The van der Waals surface area contributed by atoms with Crippen molar-refractivity contribution in [3.63, 3.8) is 0 Å². The molecule has 4 rings (SSSR count). The number of anilines is 1. The van der Waals surface area contributed by atoms with Crippen molar-refractivity contribution in [2.24, 2.45) is 0 Å². The number of carbonyl (C=O) groups is 1. The van der Waals surface area contributed by atoms with Crippen LogP contribution in [0.15, 0.2) is 67.0 Å². The van der Waals surface area contributed by atoms with Crippen molar-refractivity contribution < 1.29 is 4.79 Å². The van der Waals surface area contributed by atoms with Crippen LogP contribution in [0, 0.1) is 0 Å². The summed E-state index contributed by atoms with van der Waals surface area (Å²) in [5.74, 6) is -0.258. The fourth-order valence-electron chi connectivity index (χ4n) is 2.61. The Hall–Kier alpha value is -3.41. The molecular formula is C20H21N5O. The van der Waals surface area contributed by atoms with Gasteiger partial charge in [0.05, 0.1) is 23.9 Å². The standard InChI is InChI=1S/C18H15N5O.C2H6/c24-18(17-15-8-4-5-9-16(15)21-22-17)20-14-10-19-23(12-14)11-13-6-2-1-3-7-13;1-2/h1-10,12H,11H2,(H,20,24)(H,21,22);1-2H3. The topological polar surface area (TPSA) is 75.6 Å². The molecule has 26 heavy (non-hydrogen) atoms. The van der Waals surface area contributed by atoms with Gasteiger partial charge in [-0.1, -0.05) is 62.4 Å². The normalized spacial score (nSPS) is 10.2. The van der Waals surface area contributed by atoms with Gasteiger partial charge in [0.1, 0.15) is 0 Å². The summed E-state index contributed by atoms with van der Waals surface area (Å²) in [5.41, 5.74) is 3.00. The van der Waals surface area contributed by atoms with Gasteiger partial charge in [-0.15, -0.1) is 0 Å². The highest BCUT2D eigenvalue weighted by atomic mass is 16.2. The third-order valence-corrected chi connectivity index (χ3v) is 3.76. The van der Waals surface area contributed by atoms with Gasteiger partial charge < -0.3 is 5.32 Å². The Bertz CT molecular complexity index is 988. The summed E-state index contributed by atoms with van der Waals surface area (Å²) in [5, 5.41) is 14.9. The number of aromatic amines is 1. The molecule has 0 spiro atoms. The fourth-order valence-corrected chi connectivity index (χ4v) is 2.61. The molecule has 132 valence electrons. The highest BCUT2D eigenvalue weighted by molar-refractivity contribution is 6.10. The molecule has 0 radical (unpaired) electrons. The molecule has 2 aromatic carbocycles. The minimum Gasteiger partial charge on any atom is -0.318 e. The van der Waals surface area contributed by atoms with E-state index in [1.54, 1.807) is 17.1 Å². The summed E-state index contributed by atoms with van der Waals surface area (Å²) in [6.07, 6.45) is 3.44. The van der Waals surface area contributed by atoms with Gasteiger partial charge in [0.2, 0.25) is 0 Å². The molecule has 4 aromatic rings. The molecular weight excluding hydrogens is 326 g/mol. The van der Waals surface area contributed by atoms with Gasteiger partial charge in [-0.25, -0.2) is 0 Å². The van der Waals surface area contributed by atoms with E-state index < -0.39 is 0 Å². The molecule has 2 aromatic heterocycles. The Morgan fingerprint density at radius 2 is 1.81 bits per heavy atom. The summed E-state index contributed by atoms with van der Waals surface area (Å²) < 4.78 is 1.79. The fraction of sp³-hybridized carbons (Fsp3) is 0.150. The Labute approximate surface area is 151 Å². The predicted octanol–water partition coefficient (Wildman–Crippen LogP) is 4.09. The number of fused-ring (bicyclic) bond motifs is 1. The lowest BCUT2D eigenvalue weighted by Crippen LogP contribution is -2.12. The van der Waals surface area contributed by atoms with Crippen LogP contribution in [0.2, 0.25) is 0 Å². The first-order valence-corrected chi connectivity index (χ1v) is 8.60. The number of carbonyl (C=O) groups excluding carboxylic acids is 1. The molecule has 0 bridgehead atoms. The summed E-state index contributed by atoms with van der Waals surface area (Å²) in [6.45, 7) is 4.65. The molecule has 0 fully saturated rings. The lowest BCUT2D eigenvalue weighted by atomic mass is 10.2. The summed E-state index contributed by atoms with van der Waals surface area (Å²) in [7, 11) is 0. The van der Waals surface area contributed by atoms with E-state index in [4.69, 9.17) is 0 Å². The summed E-state index contributed by atoms with van der Waals surface area (Å²) in [4.78, 5) is 12.4. The summed E-state index contributed by atoms with van der Waals surface area (Å²) in [6, 6.07) is 17.6. The van der Waals surface area contributed by atoms with Crippen LogP contribution < -0.4 is 5.32 Å². The van der Waals surface area contributed by atoms with Crippen molar-refractivity contribution in [1.82, 2.24) is 20.0 Å². The number of benzene rings is 2. The average molecular weight is 347 g/mol. The van der Waals surface area contributed by atoms with E-state index in [0.29, 0.717) is 17.9 Å². The molecule has 1 amide bonds. The smallest absolute Gasteiger partial charge is 0.276 e. The SMILES string of the molecule is CC.O=C(Nc1cnn(Cc2ccccc2)c1)c1n[nH]c2ccccc12. The van der Waals surface area contributed by atoms with E-state index in [-0.39, 0.29) is 5.91 Å². The number of rotatable bonds is 4. The molecule has 2 heterocycles. The molecule has 6 nitrogen and oxygen atoms in total. The van der Waals surface area contributed by atoms with Crippen LogP contribution in [0.5, 0.6) is 0 Å². The quantitative estimate of drug-likeness (QED) is 0.584. The molecule has 0 aliphatic heterocycles. The monoisotopic (exact) mass is 347 g/mol. The molecule has 2 N–H and O–H groups in total. The van der Waals surface area contributed by atoms with E-state index >= 15 is 0 Å². The van der Waals surface area contributed by atoms with Crippen LogP contribution in [-0.2, 0) is 6.54 Å². The van der Waals surface area contributed by atoms with Crippen molar-refractivity contribution in [2.45, 2.75) is 20.4 Å². The number of nitrogens with zero attached hydrogens (tertiary/aromatic N) is 3. The van der Waals surface area contributed by atoms with Crippen molar-refractivity contribution in [3.8, 4) is 0 Å². The largest absolute Gasteiger partial charge is 0.318 e. The van der Waals surface area contributed by atoms with Crippen LogP contribution in [0.25, 0.3) is 10.9 Å².